The van der Waals surface area contributed by atoms with Crippen LogP contribution in [0.5, 0.6) is 0 Å². The molecule has 6 nitrogen and oxygen atoms in total. The lowest BCUT2D eigenvalue weighted by Gasteiger charge is -2.21. The molecule has 2 aliphatic heterocycles. The minimum Gasteiger partial charge on any atom is -0.480 e. The second-order valence-corrected chi connectivity index (χ2v) is 4.97. The molecule has 0 saturated carbocycles. The van der Waals surface area contributed by atoms with Crippen LogP contribution in [-0.2, 0) is 9.59 Å². The van der Waals surface area contributed by atoms with Crippen molar-refractivity contribution in [1.29, 1.82) is 0 Å². The van der Waals surface area contributed by atoms with E-state index in [2.05, 4.69) is 16.1 Å². The Balaban J connectivity index is 1.82. The molecule has 1 atom stereocenters. The Morgan fingerprint density at radius 3 is 2.74 bits per heavy atom. The van der Waals surface area contributed by atoms with E-state index in [1.165, 1.54) is 4.90 Å². The number of amides is 1. The van der Waals surface area contributed by atoms with Gasteiger partial charge < -0.3 is 10.0 Å². The predicted octanol–water partition coefficient (Wildman–Crippen LogP) is 1.42. The number of nitrogens with zero attached hydrogens (tertiary/aromatic N) is 3. The molecule has 0 spiro atoms. The van der Waals surface area contributed by atoms with Crippen LogP contribution in [0, 0.1) is 12.3 Å². The van der Waals surface area contributed by atoms with Gasteiger partial charge in [0.2, 0.25) is 5.91 Å². The molecule has 1 saturated heterocycles. The van der Waals surface area contributed by atoms with Crippen LogP contribution in [0.3, 0.4) is 0 Å². The van der Waals surface area contributed by atoms with Gasteiger partial charge in [0.1, 0.15) is 6.04 Å². The van der Waals surface area contributed by atoms with Crippen LogP contribution < -0.4 is 0 Å². The van der Waals surface area contributed by atoms with Crippen molar-refractivity contribution in [3.63, 3.8) is 0 Å². The molecule has 19 heavy (non-hydrogen) atoms. The lowest BCUT2D eigenvalue weighted by molar-refractivity contribution is -0.148. The Labute approximate surface area is 111 Å². The largest absolute Gasteiger partial charge is 0.480 e. The molecule has 0 aromatic rings. The summed E-state index contributed by atoms with van der Waals surface area (Å²) in [6.45, 7) is 0.529. The summed E-state index contributed by atoms with van der Waals surface area (Å²) >= 11 is 0. The Hall–Kier alpha value is -1.90. The zero-order chi connectivity index (χ0) is 13.9. The van der Waals surface area contributed by atoms with Gasteiger partial charge in [-0.3, -0.25) is 4.79 Å². The molecule has 2 heterocycles. The average molecular weight is 263 g/mol. The van der Waals surface area contributed by atoms with Crippen LogP contribution in [0.2, 0.25) is 0 Å². The van der Waals surface area contributed by atoms with E-state index in [4.69, 9.17) is 11.5 Å². The molecule has 0 aromatic carbocycles. The third-order valence-electron chi connectivity index (χ3n) is 3.65. The van der Waals surface area contributed by atoms with Gasteiger partial charge in [0, 0.05) is 32.2 Å². The Kier molecular flexibility index (Phi) is 3.84. The highest BCUT2D eigenvalue weighted by molar-refractivity contribution is 5.84. The standard InChI is InChI=1S/C13H17N3O3/c1-2-3-7-13(14-15-13)8-6-11(17)16-9-4-5-10(16)12(18)19/h1,10H,3-9H2,(H,18,19). The number of rotatable bonds is 6. The maximum Gasteiger partial charge on any atom is 0.326 e. The van der Waals surface area contributed by atoms with E-state index in [9.17, 15) is 9.59 Å². The zero-order valence-corrected chi connectivity index (χ0v) is 10.7. The number of carboxylic acid groups (broad SMARTS) is 1. The molecule has 102 valence electrons. The number of terminal acetylenes is 1. The SMILES string of the molecule is C#CCCC1(CCC(=O)N2CCCC2C(=O)O)N=N1. The maximum absolute atomic E-state index is 12.0. The van der Waals surface area contributed by atoms with Gasteiger partial charge in [-0.2, -0.15) is 10.2 Å². The van der Waals surface area contributed by atoms with E-state index in [1.54, 1.807) is 0 Å². The molecule has 1 amide bonds. The van der Waals surface area contributed by atoms with E-state index in [-0.39, 0.29) is 12.3 Å². The van der Waals surface area contributed by atoms with Crippen LogP contribution in [0.1, 0.15) is 38.5 Å². The molecule has 1 unspecified atom stereocenters. The summed E-state index contributed by atoms with van der Waals surface area (Å²) < 4.78 is 0. The van der Waals surface area contributed by atoms with Gasteiger partial charge in [-0.05, 0) is 12.8 Å². The average Bonchev–Trinajstić information content (AvgIpc) is 2.97. The van der Waals surface area contributed by atoms with E-state index >= 15 is 0 Å². The second kappa shape index (κ2) is 5.39. The number of likely N-dealkylation sites (tertiary alicyclic amines) is 1. The molecule has 2 aliphatic rings. The summed E-state index contributed by atoms with van der Waals surface area (Å²) in [4.78, 5) is 24.5. The number of carbonyl (C=O) groups excluding carboxylic acids is 1. The van der Waals surface area contributed by atoms with Gasteiger partial charge >= 0.3 is 5.97 Å². The third-order valence-corrected chi connectivity index (χ3v) is 3.65. The summed E-state index contributed by atoms with van der Waals surface area (Å²) in [6, 6.07) is -0.665. The lowest BCUT2D eigenvalue weighted by Crippen LogP contribution is -2.40. The lowest BCUT2D eigenvalue weighted by atomic mass is 10.0. The molecule has 0 aromatic heterocycles. The number of aliphatic carboxylic acids is 1. The monoisotopic (exact) mass is 263 g/mol. The van der Waals surface area contributed by atoms with E-state index in [0.29, 0.717) is 32.2 Å². The minimum atomic E-state index is -0.923. The molecule has 0 aliphatic carbocycles. The first kappa shape index (κ1) is 13.5. The van der Waals surface area contributed by atoms with Crippen molar-refractivity contribution in [2.45, 2.75) is 50.2 Å². The van der Waals surface area contributed by atoms with E-state index in [1.807, 2.05) is 0 Å². The van der Waals surface area contributed by atoms with Crippen molar-refractivity contribution < 1.29 is 14.7 Å². The van der Waals surface area contributed by atoms with Gasteiger partial charge in [0.25, 0.3) is 0 Å². The molecular weight excluding hydrogens is 246 g/mol. The fraction of sp³-hybridized carbons (Fsp3) is 0.692. The summed E-state index contributed by atoms with van der Waals surface area (Å²) in [6.07, 6.45) is 8.54. The second-order valence-electron chi connectivity index (χ2n) is 4.97. The number of carbonyl (C=O) groups is 2. The van der Waals surface area contributed by atoms with Crippen molar-refractivity contribution in [1.82, 2.24) is 4.90 Å². The Bertz CT molecular complexity index is 447. The fourth-order valence-corrected chi connectivity index (χ4v) is 2.44. The van der Waals surface area contributed by atoms with Crippen LogP contribution in [0.4, 0.5) is 0 Å². The van der Waals surface area contributed by atoms with Crippen LogP contribution in [0.15, 0.2) is 10.2 Å². The summed E-state index contributed by atoms with van der Waals surface area (Å²) in [5.74, 6) is 1.49. The molecule has 2 rings (SSSR count). The van der Waals surface area contributed by atoms with E-state index < -0.39 is 17.7 Å². The Morgan fingerprint density at radius 2 is 2.16 bits per heavy atom. The first-order valence-corrected chi connectivity index (χ1v) is 6.48. The van der Waals surface area contributed by atoms with Crippen LogP contribution in [0.25, 0.3) is 0 Å². The van der Waals surface area contributed by atoms with Gasteiger partial charge in [-0.25, -0.2) is 4.79 Å². The van der Waals surface area contributed by atoms with Crippen molar-refractivity contribution in [2.24, 2.45) is 10.2 Å². The van der Waals surface area contributed by atoms with E-state index in [0.717, 1.165) is 6.42 Å². The van der Waals surface area contributed by atoms with Gasteiger partial charge in [-0.15, -0.1) is 12.3 Å². The first-order valence-electron chi connectivity index (χ1n) is 6.48. The van der Waals surface area contributed by atoms with Crippen molar-refractivity contribution in [2.75, 3.05) is 6.54 Å². The predicted molar refractivity (Wildman–Crippen MR) is 67.3 cm³/mol. The first-order chi connectivity index (χ1) is 9.08. The number of carboxylic acids is 1. The number of hydrogen-bond donors (Lipinski definition) is 1. The third kappa shape index (κ3) is 3.11. The molecule has 1 N–H and O–H groups in total. The van der Waals surface area contributed by atoms with Crippen LogP contribution in [-0.4, -0.2) is 40.1 Å². The quantitative estimate of drug-likeness (QED) is 0.736. The van der Waals surface area contributed by atoms with Crippen molar-refractivity contribution in [3.8, 4) is 12.3 Å². The fourth-order valence-electron chi connectivity index (χ4n) is 2.44. The number of hydrogen-bond acceptors (Lipinski definition) is 4. The van der Waals surface area contributed by atoms with Gasteiger partial charge in [0.15, 0.2) is 5.66 Å². The van der Waals surface area contributed by atoms with Crippen molar-refractivity contribution >= 4 is 11.9 Å². The molecule has 0 bridgehead atoms. The molecule has 0 radical (unpaired) electrons. The normalized spacial score (nSPS) is 23.1. The zero-order valence-electron chi connectivity index (χ0n) is 10.7. The summed E-state index contributed by atoms with van der Waals surface area (Å²) in [5.41, 5.74) is -0.472. The van der Waals surface area contributed by atoms with Gasteiger partial charge in [0.05, 0.1) is 0 Å². The van der Waals surface area contributed by atoms with Crippen molar-refractivity contribution in [3.05, 3.63) is 0 Å². The van der Waals surface area contributed by atoms with Crippen LogP contribution >= 0.6 is 0 Å². The maximum atomic E-state index is 12.0. The minimum absolute atomic E-state index is 0.123. The topological polar surface area (TPSA) is 82.3 Å². The highest BCUT2D eigenvalue weighted by Crippen LogP contribution is 2.38. The molecule has 6 heteroatoms. The van der Waals surface area contributed by atoms with Gasteiger partial charge in [-0.1, -0.05) is 0 Å². The smallest absolute Gasteiger partial charge is 0.326 e. The Morgan fingerprint density at radius 1 is 1.42 bits per heavy atom. The molecule has 1 fully saturated rings. The highest BCUT2D eigenvalue weighted by Gasteiger charge is 2.41. The highest BCUT2D eigenvalue weighted by atomic mass is 16.4. The summed E-state index contributed by atoms with van der Waals surface area (Å²) in [5, 5.41) is 17.0. The summed E-state index contributed by atoms with van der Waals surface area (Å²) in [7, 11) is 0. The molecular formula is C13H17N3O3.